The summed E-state index contributed by atoms with van der Waals surface area (Å²) in [6, 6.07) is 11.4. The molecule has 0 spiro atoms. The lowest BCUT2D eigenvalue weighted by molar-refractivity contribution is 0.0731. The van der Waals surface area contributed by atoms with Crippen molar-refractivity contribution in [3.63, 3.8) is 0 Å². The topological polar surface area (TPSA) is 61.9 Å². The van der Waals surface area contributed by atoms with E-state index in [0.29, 0.717) is 16.4 Å². The lowest BCUT2D eigenvalue weighted by Crippen LogP contribution is -2.31. The number of likely N-dealkylation sites (tertiary alicyclic amines) is 1. The summed E-state index contributed by atoms with van der Waals surface area (Å²) in [5, 5.41) is 8.41. The predicted molar refractivity (Wildman–Crippen MR) is 88.4 cm³/mol. The molecule has 23 heavy (non-hydrogen) atoms. The number of benzene rings is 1. The quantitative estimate of drug-likeness (QED) is 0.782. The first-order valence-electron chi connectivity index (χ1n) is 7.60. The summed E-state index contributed by atoms with van der Waals surface area (Å²) < 4.78 is 0. The van der Waals surface area contributed by atoms with Crippen molar-refractivity contribution < 1.29 is 4.79 Å². The molecule has 1 aliphatic rings. The minimum Gasteiger partial charge on any atom is -0.330 e. The molecule has 2 aromatic heterocycles. The number of amides is 1. The van der Waals surface area contributed by atoms with E-state index in [4.69, 9.17) is 11.6 Å². The van der Waals surface area contributed by atoms with Crippen molar-refractivity contribution in [1.29, 1.82) is 0 Å². The number of aromatic amines is 1. The van der Waals surface area contributed by atoms with E-state index < -0.39 is 0 Å². The van der Waals surface area contributed by atoms with Crippen molar-refractivity contribution in [3.05, 3.63) is 58.9 Å². The normalized spacial score (nSPS) is 17.8. The molecule has 1 aliphatic heterocycles. The Kier molecular flexibility index (Phi) is 3.50. The van der Waals surface area contributed by atoms with Crippen LogP contribution in [-0.4, -0.2) is 32.5 Å². The van der Waals surface area contributed by atoms with E-state index in [-0.39, 0.29) is 11.9 Å². The van der Waals surface area contributed by atoms with E-state index in [1.54, 1.807) is 6.20 Å². The highest BCUT2D eigenvalue weighted by atomic mass is 35.5. The van der Waals surface area contributed by atoms with E-state index in [0.717, 1.165) is 30.3 Å². The molecule has 0 saturated carbocycles. The maximum Gasteiger partial charge on any atom is 0.273 e. The van der Waals surface area contributed by atoms with Crippen LogP contribution in [0.15, 0.2) is 42.6 Å². The Morgan fingerprint density at radius 2 is 2.13 bits per heavy atom. The van der Waals surface area contributed by atoms with Gasteiger partial charge in [0.1, 0.15) is 5.69 Å². The van der Waals surface area contributed by atoms with Crippen molar-refractivity contribution in [2.24, 2.45) is 0 Å². The summed E-state index contributed by atoms with van der Waals surface area (Å²) in [7, 11) is 0. The number of H-pyrrole nitrogens is 1. The van der Waals surface area contributed by atoms with Crippen molar-refractivity contribution in [1.82, 2.24) is 20.1 Å². The van der Waals surface area contributed by atoms with Gasteiger partial charge in [0, 0.05) is 17.8 Å². The second kappa shape index (κ2) is 5.66. The molecular formula is C17H15ClN4O. The number of pyridine rings is 1. The van der Waals surface area contributed by atoms with Gasteiger partial charge in [-0.25, -0.2) is 4.98 Å². The van der Waals surface area contributed by atoms with Crippen LogP contribution in [0, 0.1) is 0 Å². The molecule has 3 aromatic rings. The maximum atomic E-state index is 13.0. The number of fused-ring (bicyclic) bond motifs is 1. The summed E-state index contributed by atoms with van der Waals surface area (Å²) in [6.07, 6.45) is 3.55. The van der Waals surface area contributed by atoms with Gasteiger partial charge in [0.2, 0.25) is 0 Å². The fraction of sp³-hybridized carbons (Fsp3) is 0.235. The van der Waals surface area contributed by atoms with Crippen LogP contribution in [0.25, 0.3) is 11.0 Å². The van der Waals surface area contributed by atoms with Gasteiger partial charge in [-0.3, -0.25) is 9.89 Å². The maximum absolute atomic E-state index is 13.0. The van der Waals surface area contributed by atoms with E-state index in [9.17, 15) is 4.79 Å². The Morgan fingerprint density at radius 3 is 3.00 bits per heavy atom. The molecule has 1 fully saturated rings. The highest BCUT2D eigenvalue weighted by Crippen LogP contribution is 2.36. The van der Waals surface area contributed by atoms with E-state index in [1.807, 2.05) is 41.3 Å². The van der Waals surface area contributed by atoms with Crippen LogP contribution in [0.2, 0.25) is 5.02 Å². The minimum atomic E-state index is -0.0529. The second-order valence-corrected chi connectivity index (χ2v) is 6.06. The molecule has 1 unspecified atom stereocenters. The standard InChI is InChI=1S/C17H15ClN4O/c18-13-7-2-1-5-11(13)14-8-4-10-22(14)17(23)15-12-6-3-9-19-16(12)21-20-15/h1-3,5-7,9,14H,4,8,10H2,(H,19,20,21). The molecule has 5 nitrogen and oxygen atoms in total. The third-order valence-corrected chi connectivity index (χ3v) is 4.67. The first-order valence-corrected chi connectivity index (χ1v) is 7.98. The Morgan fingerprint density at radius 1 is 1.26 bits per heavy atom. The second-order valence-electron chi connectivity index (χ2n) is 5.65. The molecule has 1 atom stereocenters. The number of hydrogen-bond acceptors (Lipinski definition) is 3. The highest BCUT2D eigenvalue weighted by molar-refractivity contribution is 6.31. The fourth-order valence-electron chi connectivity index (χ4n) is 3.24. The third kappa shape index (κ3) is 2.37. The van der Waals surface area contributed by atoms with Crippen molar-refractivity contribution in [2.75, 3.05) is 6.54 Å². The zero-order valence-electron chi connectivity index (χ0n) is 12.4. The summed E-state index contributed by atoms with van der Waals surface area (Å²) >= 11 is 6.33. The van der Waals surface area contributed by atoms with E-state index in [1.165, 1.54) is 0 Å². The molecule has 4 rings (SSSR count). The van der Waals surface area contributed by atoms with Crippen LogP contribution < -0.4 is 0 Å². The Labute approximate surface area is 138 Å². The first-order chi connectivity index (χ1) is 11.3. The van der Waals surface area contributed by atoms with Gasteiger partial charge in [0.25, 0.3) is 5.91 Å². The van der Waals surface area contributed by atoms with Gasteiger partial charge in [-0.15, -0.1) is 0 Å². The summed E-state index contributed by atoms with van der Waals surface area (Å²) in [5.41, 5.74) is 2.05. The summed E-state index contributed by atoms with van der Waals surface area (Å²) in [5.74, 6) is -0.0529. The molecule has 0 radical (unpaired) electrons. The Balaban J connectivity index is 1.71. The summed E-state index contributed by atoms with van der Waals surface area (Å²) in [6.45, 7) is 0.718. The van der Waals surface area contributed by atoms with E-state index in [2.05, 4.69) is 15.2 Å². The van der Waals surface area contributed by atoms with Crippen LogP contribution in [0.1, 0.15) is 34.9 Å². The SMILES string of the molecule is O=C(c1[nH]nc2ncccc12)N1CCCC1c1ccccc1Cl. The number of halogens is 1. The number of rotatable bonds is 2. The van der Waals surface area contributed by atoms with Gasteiger partial charge in [-0.1, -0.05) is 29.8 Å². The molecule has 0 aliphatic carbocycles. The number of carbonyl (C=O) groups is 1. The van der Waals surface area contributed by atoms with E-state index >= 15 is 0 Å². The molecule has 0 bridgehead atoms. The van der Waals surface area contributed by atoms with Crippen molar-refractivity contribution in [3.8, 4) is 0 Å². The molecule has 116 valence electrons. The molecule has 1 aromatic carbocycles. The first kappa shape index (κ1) is 14.2. The highest BCUT2D eigenvalue weighted by Gasteiger charge is 2.33. The molecular weight excluding hydrogens is 312 g/mol. The average Bonchev–Trinajstić information content (AvgIpc) is 3.22. The molecule has 3 heterocycles. The Hall–Kier alpha value is -2.40. The van der Waals surface area contributed by atoms with Gasteiger partial charge < -0.3 is 4.90 Å². The Bertz CT molecular complexity index is 876. The lowest BCUT2D eigenvalue weighted by Gasteiger charge is -2.25. The molecule has 6 heteroatoms. The lowest BCUT2D eigenvalue weighted by atomic mass is 10.0. The number of nitrogens with zero attached hydrogens (tertiary/aromatic N) is 3. The van der Waals surface area contributed by atoms with Gasteiger partial charge in [0.15, 0.2) is 5.65 Å². The van der Waals surface area contributed by atoms with Crippen LogP contribution in [-0.2, 0) is 0 Å². The van der Waals surface area contributed by atoms with Crippen LogP contribution in [0.4, 0.5) is 0 Å². The smallest absolute Gasteiger partial charge is 0.273 e. The minimum absolute atomic E-state index is 0.00576. The zero-order chi connectivity index (χ0) is 15.8. The van der Waals surface area contributed by atoms with Gasteiger partial charge in [-0.2, -0.15) is 5.10 Å². The van der Waals surface area contributed by atoms with Gasteiger partial charge in [-0.05, 0) is 36.6 Å². The molecule has 1 N–H and O–H groups in total. The van der Waals surface area contributed by atoms with Gasteiger partial charge >= 0.3 is 0 Å². The van der Waals surface area contributed by atoms with Crippen molar-refractivity contribution >= 4 is 28.5 Å². The van der Waals surface area contributed by atoms with Crippen molar-refractivity contribution in [2.45, 2.75) is 18.9 Å². The summed E-state index contributed by atoms with van der Waals surface area (Å²) in [4.78, 5) is 19.0. The molecule has 1 amide bonds. The average molecular weight is 327 g/mol. The predicted octanol–water partition coefficient (Wildman–Crippen LogP) is 3.59. The van der Waals surface area contributed by atoms with Gasteiger partial charge in [0.05, 0.1) is 11.4 Å². The molecule has 1 saturated heterocycles. The monoisotopic (exact) mass is 326 g/mol. The van der Waals surface area contributed by atoms with Crippen LogP contribution in [0.3, 0.4) is 0 Å². The van der Waals surface area contributed by atoms with Crippen LogP contribution in [0.5, 0.6) is 0 Å². The fourth-order valence-corrected chi connectivity index (χ4v) is 3.50. The largest absolute Gasteiger partial charge is 0.330 e. The van der Waals surface area contributed by atoms with Crippen LogP contribution >= 0.6 is 11.6 Å². The third-order valence-electron chi connectivity index (χ3n) is 4.32. The number of hydrogen-bond donors (Lipinski definition) is 1. The number of carbonyl (C=O) groups excluding carboxylic acids is 1. The number of nitrogens with one attached hydrogen (secondary N) is 1. The number of aromatic nitrogens is 3. The zero-order valence-corrected chi connectivity index (χ0v) is 13.1.